The van der Waals surface area contributed by atoms with Crippen LogP contribution < -0.4 is 10.6 Å². The molecule has 1 aliphatic heterocycles. The fourth-order valence-electron chi connectivity index (χ4n) is 2.99. The number of hydrogen-bond donors (Lipinski definition) is 2. The molecule has 116 valence electrons. The lowest BCUT2D eigenvalue weighted by molar-refractivity contribution is 0.597. The van der Waals surface area contributed by atoms with E-state index in [1.807, 2.05) is 43.3 Å². The van der Waals surface area contributed by atoms with Crippen molar-refractivity contribution in [3.05, 3.63) is 60.2 Å². The van der Waals surface area contributed by atoms with Gasteiger partial charge in [-0.15, -0.1) is 0 Å². The highest BCUT2D eigenvalue weighted by Crippen LogP contribution is 2.38. The molecule has 0 aromatic heterocycles. The summed E-state index contributed by atoms with van der Waals surface area (Å²) in [5, 5.41) is 8.15. The van der Waals surface area contributed by atoms with Crippen LogP contribution in [0.2, 0.25) is 0 Å². The Balaban J connectivity index is 2.00. The molecule has 0 aliphatic carbocycles. The Bertz CT molecular complexity index is 999. The number of benzene rings is 3. The molecule has 3 aromatic rings. The van der Waals surface area contributed by atoms with Gasteiger partial charge in [0.25, 0.3) is 0 Å². The molecule has 0 spiro atoms. The Morgan fingerprint density at radius 1 is 0.870 bits per heavy atom. The van der Waals surface area contributed by atoms with E-state index in [0.717, 1.165) is 27.7 Å². The number of aryl methyl sites for hydroxylation is 1. The molecule has 1 heterocycles. The van der Waals surface area contributed by atoms with Crippen LogP contribution in [0.3, 0.4) is 0 Å². The Morgan fingerprint density at radius 2 is 1.57 bits per heavy atom. The Hall–Kier alpha value is -2.53. The van der Waals surface area contributed by atoms with Gasteiger partial charge in [-0.05, 0) is 37.3 Å². The number of hydrogen-bond acceptors (Lipinski definition) is 4. The van der Waals surface area contributed by atoms with Crippen molar-refractivity contribution in [2.75, 3.05) is 17.3 Å². The van der Waals surface area contributed by atoms with Gasteiger partial charge in [0, 0.05) is 22.1 Å². The fraction of sp³-hybridized carbons (Fsp3) is 0.111. The van der Waals surface area contributed by atoms with Crippen molar-refractivity contribution in [2.45, 2.75) is 16.7 Å². The summed E-state index contributed by atoms with van der Waals surface area (Å²) in [6, 6.07) is 16.2. The van der Waals surface area contributed by atoms with E-state index in [1.165, 1.54) is 0 Å². The average molecular weight is 324 g/mol. The van der Waals surface area contributed by atoms with E-state index in [0.29, 0.717) is 16.5 Å². The number of nitrogens with one attached hydrogen (secondary N) is 2. The number of sulfone groups is 1. The summed E-state index contributed by atoms with van der Waals surface area (Å²) in [7, 11) is -3.56. The second kappa shape index (κ2) is 4.99. The van der Waals surface area contributed by atoms with Gasteiger partial charge in [-0.1, -0.05) is 29.8 Å². The first-order valence-electron chi connectivity index (χ1n) is 7.42. The van der Waals surface area contributed by atoms with E-state index in [2.05, 4.69) is 10.6 Å². The van der Waals surface area contributed by atoms with Crippen LogP contribution >= 0.6 is 0 Å². The first kappa shape index (κ1) is 14.1. The van der Waals surface area contributed by atoms with Crippen LogP contribution in [0.4, 0.5) is 11.4 Å². The van der Waals surface area contributed by atoms with Crippen molar-refractivity contribution < 1.29 is 8.42 Å². The molecular formula is C18H16N2O2S. The molecule has 0 fully saturated rings. The van der Waals surface area contributed by atoms with Gasteiger partial charge < -0.3 is 10.6 Å². The third kappa shape index (κ3) is 2.16. The van der Waals surface area contributed by atoms with Gasteiger partial charge in [0.2, 0.25) is 9.84 Å². The summed E-state index contributed by atoms with van der Waals surface area (Å²) >= 11 is 0. The molecule has 3 aromatic carbocycles. The van der Waals surface area contributed by atoms with Gasteiger partial charge in [0.05, 0.1) is 16.5 Å². The highest BCUT2D eigenvalue weighted by molar-refractivity contribution is 7.91. The zero-order valence-corrected chi connectivity index (χ0v) is 13.4. The Morgan fingerprint density at radius 3 is 2.30 bits per heavy atom. The number of rotatable bonds is 2. The molecule has 0 unspecified atom stereocenters. The summed E-state index contributed by atoms with van der Waals surface area (Å²) in [5.74, 6) is 0. The smallest absolute Gasteiger partial charge is 0.207 e. The second-order valence-corrected chi connectivity index (χ2v) is 7.60. The highest BCUT2D eigenvalue weighted by atomic mass is 32.2. The highest BCUT2D eigenvalue weighted by Gasteiger charge is 2.23. The molecular weight excluding hydrogens is 308 g/mol. The van der Waals surface area contributed by atoms with Crippen molar-refractivity contribution in [1.82, 2.24) is 0 Å². The molecule has 5 heteroatoms. The first-order chi connectivity index (χ1) is 11.1. The fourth-order valence-corrected chi connectivity index (χ4v) is 4.44. The maximum atomic E-state index is 13.0. The topological polar surface area (TPSA) is 58.2 Å². The van der Waals surface area contributed by atoms with Gasteiger partial charge in [-0.25, -0.2) is 8.42 Å². The minimum absolute atomic E-state index is 0.320. The molecule has 0 amide bonds. The maximum Gasteiger partial charge on any atom is 0.207 e. The van der Waals surface area contributed by atoms with E-state index < -0.39 is 9.84 Å². The molecule has 2 N–H and O–H groups in total. The summed E-state index contributed by atoms with van der Waals surface area (Å²) in [6.45, 7) is 2.58. The third-order valence-corrected chi connectivity index (χ3v) is 6.01. The zero-order chi connectivity index (χ0) is 16.0. The lowest BCUT2D eigenvalue weighted by Gasteiger charge is -2.22. The minimum Gasteiger partial charge on any atom is -0.367 e. The zero-order valence-electron chi connectivity index (χ0n) is 12.6. The lowest BCUT2D eigenvalue weighted by Crippen LogP contribution is -2.17. The van der Waals surface area contributed by atoms with Crippen LogP contribution in [-0.4, -0.2) is 15.1 Å². The van der Waals surface area contributed by atoms with Crippen LogP contribution in [-0.2, 0) is 9.84 Å². The van der Waals surface area contributed by atoms with Crippen LogP contribution in [0.1, 0.15) is 5.56 Å². The largest absolute Gasteiger partial charge is 0.367 e. The molecule has 4 rings (SSSR count). The van der Waals surface area contributed by atoms with Gasteiger partial charge in [0.1, 0.15) is 0 Å². The van der Waals surface area contributed by atoms with E-state index in [9.17, 15) is 8.42 Å². The van der Waals surface area contributed by atoms with Gasteiger partial charge in [-0.3, -0.25) is 0 Å². The van der Waals surface area contributed by atoms with Crippen molar-refractivity contribution in [2.24, 2.45) is 0 Å². The lowest BCUT2D eigenvalue weighted by atomic mass is 10.1. The van der Waals surface area contributed by atoms with Crippen LogP contribution in [0.15, 0.2) is 64.4 Å². The average Bonchev–Trinajstić information content (AvgIpc) is 2.56. The van der Waals surface area contributed by atoms with Crippen LogP contribution in [0, 0.1) is 6.92 Å². The standard InChI is InChI=1S/C18H16N2O2S/c1-12-5-7-13(8-6-12)23(21,22)17-10-9-16-18-14(17)3-2-4-15(18)19-11-20-16/h2-10,19-20H,11H2,1H3. The van der Waals surface area contributed by atoms with E-state index in [-0.39, 0.29) is 0 Å². The third-order valence-electron chi connectivity index (χ3n) is 4.18. The number of anilines is 2. The quantitative estimate of drug-likeness (QED) is 0.753. The van der Waals surface area contributed by atoms with Crippen molar-refractivity contribution in [3.8, 4) is 0 Å². The Labute approximate surface area is 135 Å². The van der Waals surface area contributed by atoms with Gasteiger partial charge in [-0.2, -0.15) is 0 Å². The van der Waals surface area contributed by atoms with Crippen LogP contribution in [0.5, 0.6) is 0 Å². The molecule has 0 atom stereocenters. The molecule has 23 heavy (non-hydrogen) atoms. The molecule has 4 nitrogen and oxygen atoms in total. The van der Waals surface area contributed by atoms with E-state index in [1.54, 1.807) is 18.2 Å². The minimum atomic E-state index is -3.56. The molecule has 0 saturated carbocycles. The molecule has 1 aliphatic rings. The summed E-state index contributed by atoms with van der Waals surface area (Å²) < 4.78 is 26.1. The van der Waals surface area contributed by atoms with E-state index in [4.69, 9.17) is 0 Å². The van der Waals surface area contributed by atoms with E-state index >= 15 is 0 Å². The molecule has 0 saturated heterocycles. The predicted octanol–water partition coefficient (Wildman–Crippen LogP) is 3.78. The van der Waals surface area contributed by atoms with Gasteiger partial charge in [0.15, 0.2) is 0 Å². The van der Waals surface area contributed by atoms with Crippen LogP contribution in [0.25, 0.3) is 10.8 Å². The van der Waals surface area contributed by atoms with Crippen molar-refractivity contribution in [3.63, 3.8) is 0 Å². The maximum absolute atomic E-state index is 13.0. The molecule has 0 radical (unpaired) electrons. The second-order valence-electron chi connectivity index (χ2n) is 5.69. The first-order valence-corrected chi connectivity index (χ1v) is 8.91. The summed E-state index contributed by atoms with van der Waals surface area (Å²) in [6.07, 6.45) is 0. The Kier molecular flexibility index (Phi) is 3.06. The predicted molar refractivity (Wildman–Crippen MR) is 92.7 cm³/mol. The van der Waals surface area contributed by atoms with Gasteiger partial charge >= 0.3 is 0 Å². The summed E-state index contributed by atoms with van der Waals surface area (Å²) in [4.78, 5) is 0.660. The normalized spacial score (nSPS) is 13.4. The van der Waals surface area contributed by atoms with Crippen molar-refractivity contribution >= 4 is 32.0 Å². The monoisotopic (exact) mass is 324 g/mol. The summed E-state index contributed by atoms with van der Waals surface area (Å²) in [5.41, 5.74) is 2.95. The molecule has 0 bridgehead atoms. The van der Waals surface area contributed by atoms with Crippen molar-refractivity contribution in [1.29, 1.82) is 0 Å². The SMILES string of the molecule is Cc1ccc(S(=O)(=O)c2ccc3c4c(cccc24)NCN3)cc1.